The Bertz CT molecular complexity index is 834. The van der Waals surface area contributed by atoms with E-state index in [-0.39, 0.29) is 24.3 Å². The smallest absolute Gasteiger partial charge is 0.254 e. The molecule has 2 aromatic carbocycles. The van der Waals surface area contributed by atoms with Gasteiger partial charge in [0.1, 0.15) is 0 Å². The molecule has 0 radical (unpaired) electrons. The number of fused-ring (bicyclic) bond motifs is 1. The van der Waals surface area contributed by atoms with Gasteiger partial charge < -0.3 is 14.4 Å². The maximum absolute atomic E-state index is 13.6. The number of benzene rings is 2. The lowest BCUT2D eigenvalue weighted by molar-refractivity contribution is 0.0663. The van der Waals surface area contributed by atoms with Crippen LogP contribution in [0.1, 0.15) is 41.6 Å². The third-order valence-corrected chi connectivity index (χ3v) is 4.98. The molecule has 1 fully saturated rings. The molecule has 6 heteroatoms. The van der Waals surface area contributed by atoms with Gasteiger partial charge in [0.25, 0.3) is 5.91 Å². The average molecular weight is 359 g/mol. The number of carbonyl (C=O) groups excluding carboxylic acids is 1. The third-order valence-electron chi connectivity index (χ3n) is 4.98. The van der Waals surface area contributed by atoms with Gasteiger partial charge in [-0.2, -0.15) is 0 Å². The summed E-state index contributed by atoms with van der Waals surface area (Å²) in [6.07, 6.45) is 3.96. The molecule has 0 bridgehead atoms. The standard InChI is InChI=1S/C20H19F2NO3/c21-16-7-6-14(10-17(16)22)20(24)23(15-3-1-2-4-15)11-13-5-8-18-19(9-13)26-12-25-18/h5-10,15H,1-4,11-12H2. The van der Waals surface area contributed by atoms with E-state index in [4.69, 9.17) is 9.47 Å². The minimum atomic E-state index is -1.01. The Morgan fingerprint density at radius 1 is 1.00 bits per heavy atom. The van der Waals surface area contributed by atoms with Crippen molar-refractivity contribution in [3.63, 3.8) is 0 Å². The highest BCUT2D eigenvalue weighted by Crippen LogP contribution is 2.34. The third kappa shape index (κ3) is 3.23. The molecular formula is C20H19F2NO3. The second-order valence-electron chi connectivity index (χ2n) is 6.69. The molecule has 1 aliphatic heterocycles. The number of ether oxygens (including phenoxy) is 2. The van der Waals surface area contributed by atoms with E-state index >= 15 is 0 Å². The Morgan fingerprint density at radius 3 is 2.54 bits per heavy atom. The van der Waals surface area contributed by atoms with Crippen molar-refractivity contribution in [2.75, 3.05) is 6.79 Å². The molecule has 136 valence electrons. The summed E-state index contributed by atoms with van der Waals surface area (Å²) < 4.78 is 37.5. The fourth-order valence-electron chi connectivity index (χ4n) is 3.61. The fourth-order valence-corrected chi connectivity index (χ4v) is 3.61. The number of rotatable bonds is 4. The fraction of sp³-hybridized carbons (Fsp3) is 0.350. The van der Waals surface area contributed by atoms with E-state index in [1.165, 1.54) is 6.07 Å². The maximum atomic E-state index is 13.6. The zero-order valence-electron chi connectivity index (χ0n) is 14.2. The van der Waals surface area contributed by atoms with Gasteiger partial charge in [0, 0.05) is 18.2 Å². The summed E-state index contributed by atoms with van der Waals surface area (Å²) in [7, 11) is 0. The molecule has 4 rings (SSSR count). The first-order valence-corrected chi connectivity index (χ1v) is 8.76. The van der Waals surface area contributed by atoms with E-state index in [0.29, 0.717) is 18.0 Å². The van der Waals surface area contributed by atoms with Gasteiger partial charge in [-0.05, 0) is 48.7 Å². The van der Waals surface area contributed by atoms with Crippen molar-refractivity contribution in [1.29, 1.82) is 0 Å². The highest BCUT2D eigenvalue weighted by atomic mass is 19.2. The summed E-state index contributed by atoms with van der Waals surface area (Å²) in [5.74, 6) is -0.897. The number of carbonyl (C=O) groups is 1. The number of nitrogens with zero attached hydrogens (tertiary/aromatic N) is 1. The second-order valence-corrected chi connectivity index (χ2v) is 6.69. The van der Waals surface area contributed by atoms with Crippen molar-refractivity contribution in [2.45, 2.75) is 38.3 Å². The van der Waals surface area contributed by atoms with Crippen LogP contribution in [-0.2, 0) is 6.54 Å². The first-order valence-electron chi connectivity index (χ1n) is 8.76. The Kier molecular flexibility index (Phi) is 4.49. The minimum absolute atomic E-state index is 0.0982. The summed E-state index contributed by atoms with van der Waals surface area (Å²) in [6.45, 7) is 0.581. The highest BCUT2D eigenvalue weighted by Gasteiger charge is 2.28. The maximum Gasteiger partial charge on any atom is 0.254 e. The Morgan fingerprint density at radius 2 is 1.77 bits per heavy atom. The van der Waals surface area contributed by atoms with Gasteiger partial charge >= 0.3 is 0 Å². The highest BCUT2D eigenvalue weighted by molar-refractivity contribution is 5.94. The van der Waals surface area contributed by atoms with Gasteiger partial charge in [-0.25, -0.2) is 8.78 Å². The molecule has 1 amide bonds. The number of hydrogen-bond donors (Lipinski definition) is 0. The van der Waals surface area contributed by atoms with Crippen LogP contribution in [0.4, 0.5) is 8.78 Å². The van der Waals surface area contributed by atoms with Gasteiger partial charge in [0.05, 0.1) is 0 Å². The van der Waals surface area contributed by atoms with Gasteiger partial charge in [0.2, 0.25) is 6.79 Å². The molecule has 0 unspecified atom stereocenters. The Hall–Kier alpha value is -2.63. The molecule has 0 spiro atoms. The van der Waals surface area contributed by atoms with E-state index in [9.17, 15) is 13.6 Å². The van der Waals surface area contributed by atoms with Crippen molar-refractivity contribution in [3.8, 4) is 11.5 Å². The number of halogens is 2. The molecule has 0 aromatic heterocycles. The van der Waals surface area contributed by atoms with Crippen molar-refractivity contribution < 1.29 is 23.0 Å². The monoisotopic (exact) mass is 359 g/mol. The molecule has 1 heterocycles. The van der Waals surface area contributed by atoms with Crippen LogP contribution < -0.4 is 9.47 Å². The predicted octanol–water partition coefficient (Wildman–Crippen LogP) is 4.28. The van der Waals surface area contributed by atoms with Crippen LogP contribution in [0, 0.1) is 11.6 Å². The van der Waals surface area contributed by atoms with Crippen LogP contribution in [0.3, 0.4) is 0 Å². The number of amides is 1. The zero-order valence-corrected chi connectivity index (χ0v) is 14.2. The Balaban J connectivity index is 1.61. The van der Waals surface area contributed by atoms with Crippen LogP contribution in [-0.4, -0.2) is 23.6 Å². The molecule has 1 aliphatic carbocycles. The van der Waals surface area contributed by atoms with E-state index in [1.807, 2.05) is 18.2 Å². The van der Waals surface area contributed by atoms with Crippen molar-refractivity contribution in [3.05, 3.63) is 59.2 Å². The predicted molar refractivity (Wildman–Crippen MR) is 91.1 cm³/mol. The quantitative estimate of drug-likeness (QED) is 0.818. The van der Waals surface area contributed by atoms with Crippen molar-refractivity contribution in [1.82, 2.24) is 4.90 Å². The van der Waals surface area contributed by atoms with Crippen molar-refractivity contribution in [2.24, 2.45) is 0 Å². The number of hydrogen-bond acceptors (Lipinski definition) is 3. The summed E-state index contributed by atoms with van der Waals surface area (Å²) >= 11 is 0. The summed E-state index contributed by atoms with van der Waals surface area (Å²) in [4.78, 5) is 14.8. The van der Waals surface area contributed by atoms with E-state index in [2.05, 4.69) is 0 Å². The van der Waals surface area contributed by atoms with Crippen LogP contribution in [0.25, 0.3) is 0 Å². The van der Waals surface area contributed by atoms with Crippen molar-refractivity contribution >= 4 is 5.91 Å². The van der Waals surface area contributed by atoms with Gasteiger partial charge in [-0.1, -0.05) is 18.9 Å². The largest absolute Gasteiger partial charge is 0.454 e. The lowest BCUT2D eigenvalue weighted by atomic mass is 10.1. The van der Waals surface area contributed by atoms with Crippen LogP contribution in [0.15, 0.2) is 36.4 Å². The van der Waals surface area contributed by atoms with E-state index in [1.54, 1.807) is 4.90 Å². The second kappa shape index (κ2) is 6.94. The molecule has 0 saturated heterocycles. The molecule has 1 saturated carbocycles. The topological polar surface area (TPSA) is 38.8 Å². The molecule has 2 aliphatic rings. The SMILES string of the molecule is O=C(c1ccc(F)c(F)c1)N(Cc1ccc2c(c1)OCO2)C1CCCC1. The molecular weight excluding hydrogens is 340 g/mol. The lowest BCUT2D eigenvalue weighted by Gasteiger charge is -2.29. The van der Waals surface area contributed by atoms with E-state index < -0.39 is 11.6 Å². The van der Waals surface area contributed by atoms with Gasteiger partial charge in [-0.3, -0.25) is 4.79 Å². The average Bonchev–Trinajstić information content (AvgIpc) is 3.32. The van der Waals surface area contributed by atoms with Gasteiger partial charge in [0.15, 0.2) is 23.1 Å². The first kappa shape index (κ1) is 16.8. The first-order chi connectivity index (χ1) is 12.6. The molecule has 0 atom stereocenters. The molecule has 2 aromatic rings. The lowest BCUT2D eigenvalue weighted by Crippen LogP contribution is -2.38. The van der Waals surface area contributed by atoms with Crippen LogP contribution >= 0.6 is 0 Å². The van der Waals surface area contributed by atoms with Crippen LogP contribution in [0.2, 0.25) is 0 Å². The minimum Gasteiger partial charge on any atom is -0.454 e. The molecule has 4 nitrogen and oxygen atoms in total. The summed E-state index contributed by atoms with van der Waals surface area (Å²) in [6, 6.07) is 8.99. The normalized spacial score (nSPS) is 16.1. The summed E-state index contributed by atoms with van der Waals surface area (Å²) in [5, 5.41) is 0. The van der Waals surface area contributed by atoms with Crippen LogP contribution in [0.5, 0.6) is 11.5 Å². The Labute approximate surface area is 150 Å². The zero-order chi connectivity index (χ0) is 18.1. The van der Waals surface area contributed by atoms with E-state index in [0.717, 1.165) is 43.4 Å². The molecule has 0 N–H and O–H groups in total. The molecule has 26 heavy (non-hydrogen) atoms. The summed E-state index contributed by atoms with van der Waals surface area (Å²) in [5.41, 5.74) is 1.08. The van der Waals surface area contributed by atoms with Gasteiger partial charge in [-0.15, -0.1) is 0 Å².